The summed E-state index contributed by atoms with van der Waals surface area (Å²) in [6.07, 6.45) is 1.97. The van der Waals surface area contributed by atoms with Crippen LogP contribution in [-0.4, -0.2) is 52.6 Å². The molecule has 0 aromatic heterocycles. The van der Waals surface area contributed by atoms with Gasteiger partial charge in [0, 0.05) is 19.1 Å². The van der Waals surface area contributed by atoms with Gasteiger partial charge in [0.15, 0.2) is 0 Å². The molecule has 0 amide bonds. The molecule has 1 aromatic carbocycles. The Labute approximate surface area is 133 Å². The van der Waals surface area contributed by atoms with E-state index in [1.165, 1.54) is 5.56 Å². The van der Waals surface area contributed by atoms with Crippen LogP contribution in [0.15, 0.2) is 24.3 Å². The van der Waals surface area contributed by atoms with Crippen molar-refractivity contribution in [2.24, 2.45) is 0 Å². The third-order valence-electron chi connectivity index (χ3n) is 4.76. The number of piperidine rings is 1. The molecular formula is C18H29NO3. The molecule has 22 heavy (non-hydrogen) atoms. The van der Waals surface area contributed by atoms with Crippen LogP contribution in [0.1, 0.15) is 38.7 Å². The van der Waals surface area contributed by atoms with Crippen LogP contribution in [0.2, 0.25) is 0 Å². The Hall–Kier alpha value is -1.10. The highest BCUT2D eigenvalue weighted by Crippen LogP contribution is 2.26. The number of ether oxygens (including phenoxy) is 1. The van der Waals surface area contributed by atoms with Crippen LogP contribution in [0.4, 0.5) is 0 Å². The maximum atomic E-state index is 10.8. The van der Waals surface area contributed by atoms with Gasteiger partial charge in [-0.15, -0.1) is 0 Å². The number of benzene rings is 1. The van der Waals surface area contributed by atoms with Gasteiger partial charge in [-0.25, -0.2) is 0 Å². The minimum atomic E-state index is -1.20. The van der Waals surface area contributed by atoms with E-state index in [4.69, 9.17) is 4.74 Å². The van der Waals surface area contributed by atoms with E-state index in [1.807, 2.05) is 31.2 Å². The molecule has 1 aliphatic heterocycles. The molecule has 4 heteroatoms. The molecule has 2 atom stereocenters. The Bertz CT molecular complexity index is 458. The number of nitrogens with zero attached hydrogens (tertiary/aromatic N) is 1. The Morgan fingerprint density at radius 1 is 1.27 bits per heavy atom. The van der Waals surface area contributed by atoms with Gasteiger partial charge in [-0.05, 0) is 38.3 Å². The highest BCUT2D eigenvalue weighted by atomic mass is 16.5. The van der Waals surface area contributed by atoms with Gasteiger partial charge in [0.1, 0.15) is 18.0 Å². The maximum Gasteiger partial charge on any atom is 0.137 e. The lowest BCUT2D eigenvalue weighted by Gasteiger charge is -2.45. The highest BCUT2D eigenvalue weighted by molar-refractivity contribution is 5.26. The molecule has 4 nitrogen and oxygen atoms in total. The summed E-state index contributed by atoms with van der Waals surface area (Å²) in [4.78, 5) is 2.28. The van der Waals surface area contributed by atoms with Crippen LogP contribution in [-0.2, 0) is 0 Å². The minimum Gasteiger partial charge on any atom is -0.490 e. The third-order valence-corrected chi connectivity index (χ3v) is 4.76. The third kappa shape index (κ3) is 4.00. The van der Waals surface area contributed by atoms with Gasteiger partial charge in [0.2, 0.25) is 0 Å². The number of rotatable bonds is 6. The molecule has 2 N–H and O–H groups in total. The Kier molecular flexibility index (Phi) is 5.84. The van der Waals surface area contributed by atoms with Crippen molar-refractivity contribution in [1.29, 1.82) is 0 Å². The van der Waals surface area contributed by atoms with Crippen LogP contribution < -0.4 is 4.74 Å². The lowest BCUT2D eigenvalue weighted by molar-refractivity contribution is -0.145. The van der Waals surface area contributed by atoms with Crippen LogP contribution in [0.3, 0.4) is 0 Å². The minimum absolute atomic E-state index is 0.119. The average Bonchev–Trinajstić information content (AvgIpc) is 2.52. The lowest BCUT2D eigenvalue weighted by Crippen LogP contribution is -2.61. The number of aliphatic hydroxyl groups excluding tert-OH is 1. The predicted octanol–water partition coefficient (Wildman–Crippen LogP) is 2.36. The van der Waals surface area contributed by atoms with Gasteiger partial charge in [-0.2, -0.15) is 0 Å². The van der Waals surface area contributed by atoms with Gasteiger partial charge in [0.05, 0.1) is 6.10 Å². The molecule has 1 aromatic rings. The summed E-state index contributed by atoms with van der Waals surface area (Å²) in [5.74, 6) is 0.728. The van der Waals surface area contributed by atoms with E-state index in [1.54, 1.807) is 0 Å². The zero-order valence-corrected chi connectivity index (χ0v) is 14.0. The maximum absolute atomic E-state index is 10.8. The summed E-state index contributed by atoms with van der Waals surface area (Å²) in [6.45, 7) is 7.78. The quantitative estimate of drug-likeness (QED) is 0.847. The van der Waals surface area contributed by atoms with E-state index in [9.17, 15) is 10.2 Å². The van der Waals surface area contributed by atoms with Crippen molar-refractivity contribution in [1.82, 2.24) is 4.90 Å². The first-order chi connectivity index (χ1) is 10.5. The number of hydrogen-bond donors (Lipinski definition) is 2. The van der Waals surface area contributed by atoms with Crippen LogP contribution >= 0.6 is 0 Å². The van der Waals surface area contributed by atoms with Gasteiger partial charge < -0.3 is 14.9 Å². The number of β-amino-alcohol motifs (C(OH)–C–C–N with tert-alkyl or cyclic N) is 1. The molecule has 0 radical (unpaired) electrons. The number of aliphatic hydroxyl groups is 2. The zero-order chi connectivity index (χ0) is 16.2. The summed E-state index contributed by atoms with van der Waals surface area (Å²) in [7, 11) is 0. The number of aryl methyl sites for hydroxylation is 1. The molecule has 124 valence electrons. The number of hydrogen-bond acceptors (Lipinski definition) is 4. The van der Waals surface area contributed by atoms with Gasteiger partial charge in [-0.1, -0.05) is 31.5 Å². The topological polar surface area (TPSA) is 52.9 Å². The largest absolute Gasteiger partial charge is 0.490 e. The molecular weight excluding hydrogens is 278 g/mol. The summed E-state index contributed by atoms with van der Waals surface area (Å²) >= 11 is 0. The molecule has 2 rings (SSSR count). The Morgan fingerprint density at radius 3 is 2.50 bits per heavy atom. The second-order valence-corrected chi connectivity index (χ2v) is 6.45. The molecule has 1 saturated heterocycles. The standard InChI is InChI=1S/C18H29NO3/c1-4-15(5-2)19-11-10-17(20)18(21,12-19)13-22-16-8-6-14(3)7-9-16/h6-9,15,17,20-21H,4-5,10-13H2,1-3H3/t17-,18-/m0/s1. The van der Waals surface area contributed by atoms with Crippen molar-refractivity contribution in [3.05, 3.63) is 29.8 Å². The molecule has 1 fully saturated rings. The first-order valence-electron chi connectivity index (χ1n) is 8.32. The van der Waals surface area contributed by atoms with Crippen molar-refractivity contribution in [2.45, 2.75) is 57.8 Å². The molecule has 1 heterocycles. The molecule has 0 spiro atoms. The van der Waals surface area contributed by atoms with Gasteiger partial charge in [0.25, 0.3) is 0 Å². The van der Waals surface area contributed by atoms with E-state index in [0.29, 0.717) is 19.0 Å². The lowest BCUT2D eigenvalue weighted by atomic mass is 9.89. The Morgan fingerprint density at radius 2 is 1.91 bits per heavy atom. The molecule has 0 aliphatic carbocycles. The summed E-state index contributed by atoms with van der Waals surface area (Å²) in [6, 6.07) is 8.21. The van der Waals surface area contributed by atoms with Gasteiger partial charge >= 0.3 is 0 Å². The zero-order valence-electron chi connectivity index (χ0n) is 14.0. The normalized spacial score (nSPS) is 26.4. The Balaban J connectivity index is 2.00. The van der Waals surface area contributed by atoms with Crippen molar-refractivity contribution in [2.75, 3.05) is 19.7 Å². The predicted molar refractivity (Wildman–Crippen MR) is 88.2 cm³/mol. The van der Waals surface area contributed by atoms with Crippen LogP contribution in [0.25, 0.3) is 0 Å². The van der Waals surface area contributed by atoms with Crippen molar-refractivity contribution >= 4 is 0 Å². The first kappa shape index (κ1) is 17.3. The molecule has 0 bridgehead atoms. The summed E-state index contributed by atoms with van der Waals surface area (Å²) < 4.78 is 5.73. The van der Waals surface area contributed by atoms with E-state index >= 15 is 0 Å². The fourth-order valence-electron chi connectivity index (χ4n) is 3.19. The average molecular weight is 307 g/mol. The van der Waals surface area contributed by atoms with E-state index in [2.05, 4.69) is 18.7 Å². The first-order valence-corrected chi connectivity index (χ1v) is 8.32. The monoisotopic (exact) mass is 307 g/mol. The summed E-state index contributed by atoms with van der Waals surface area (Å²) in [5.41, 5.74) is -0.0326. The van der Waals surface area contributed by atoms with E-state index in [-0.39, 0.29) is 6.61 Å². The fourth-order valence-corrected chi connectivity index (χ4v) is 3.19. The van der Waals surface area contributed by atoms with E-state index in [0.717, 1.165) is 25.1 Å². The second kappa shape index (κ2) is 7.44. The van der Waals surface area contributed by atoms with Gasteiger partial charge in [-0.3, -0.25) is 4.90 Å². The van der Waals surface area contributed by atoms with E-state index < -0.39 is 11.7 Å². The van der Waals surface area contributed by atoms with Crippen molar-refractivity contribution < 1.29 is 14.9 Å². The second-order valence-electron chi connectivity index (χ2n) is 6.45. The molecule has 0 saturated carbocycles. The molecule has 1 aliphatic rings. The van der Waals surface area contributed by atoms with Crippen LogP contribution in [0.5, 0.6) is 5.75 Å². The highest BCUT2D eigenvalue weighted by Gasteiger charge is 2.43. The van der Waals surface area contributed by atoms with Crippen molar-refractivity contribution in [3.63, 3.8) is 0 Å². The van der Waals surface area contributed by atoms with Crippen LogP contribution in [0, 0.1) is 6.92 Å². The van der Waals surface area contributed by atoms with Crippen molar-refractivity contribution in [3.8, 4) is 5.75 Å². The fraction of sp³-hybridized carbons (Fsp3) is 0.667. The SMILES string of the molecule is CCC(CC)N1CC[C@H](O)[C@@](O)(COc2ccc(C)cc2)C1. The molecule has 0 unspecified atom stereocenters. The summed E-state index contributed by atoms with van der Waals surface area (Å²) in [5, 5.41) is 21.1. The number of likely N-dealkylation sites (tertiary alicyclic amines) is 1. The smallest absolute Gasteiger partial charge is 0.137 e.